The lowest BCUT2D eigenvalue weighted by Crippen LogP contribution is -2.17. The number of aryl methyl sites for hydroxylation is 1. The summed E-state index contributed by atoms with van der Waals surface area (Å²) in [6, 6.07) is 3.91. The molecule has 2 aromatic rings. The van der Waals surface area contributed by atoms with Gasteiger partial charge in [0.25, 0.3) is 0 Å². The van der Waals surface area contributed by atoms with Crippen molar-refractivity contribution < 1.29 is 9.90 Å². The number of pyridine rings is 1. The third-order valence-electron chi connectivity index (χ3n) is 2.98. The van der Waals surface area contributed by atoms with E-state index in [1.165, 1.54) is 11.8 Å². The van der Waals surface area contributed by atoms with Gasteiger partial charge in [0.2, 0.25) is 0 Å². The Morgan fingerprint density at radius 1 is 1.29 bits per heavy atom. The van der Waals surface area contributed by atoms with Gasteiger partial charge < -0.3 is 5.11 Å². The van der Waals surface area contributed by atoms with Crippen LogP contribution in [0.3, 0.4) is 0 Å². The van der Waals surface area contributed by atoms with Gasteiger partial charge in [0.15, 0.2) is 5.16 Å². The summed E-state index contributed by atoms with van der Waals surface area (Å²) in [5.41, 5.74) is 2.77. The van der Waals surface area contributed by atoms with E-state index in [1.54, 1.807) is 6.20 Å². The minimum absolute atomic E-state index is 0.0140. The number of carbonyl (C=O) groups is 1. The first kappa shape index (κ1) is 15.6. The van der Waals surface area contributed by atoms with E-state index in [4.69, 9.17) is 5.11 Å². The molecule has 5 nitrogen and oxygen atoms in total. The molecule has 0 unspecified atom stereocenters. The van der Waals surface area contributed by atoms with E-state index in [0.29, 0.717) is 5.16 Å². The van der Waals surface area contributed by atoms with Crippen LogP contribution in [0, 0.1) is 6.92 Å². The molecule has 0 aliphatic rings. The summed E-state index contributed by atoms with van der Waals surface area (Å²) in [5.74, 6) is -0.867. The van der Waals surface area contributed by atoms with Crippen LogP contribution in [0.15, 0.2) is 29.7 Å². The van der Waals surface area contributed by atoms with Gasteiger partial charge in [-0.2, -0.15) is 0 Å². The van der Waals surface area contributed by atoms with E-state index in [1.807, 2.05) is 29.8 Å². The summed E-state index contributed by atoms with van der Waals surface area (Å²) in [4.78, 5) is 19.5. The molecule has 2 heterocycles. The fraction of sp³-hybridized carbons (Fsp3) is 0.400. The fourth-order valence-corrected chi connectivity index (χ4v) is 2.65. The molecule has 0 amide bonds. The lowest BCUT2D eigenvalue weighted by atomic mass is 9.92. The Morgan fingerprint density at radius 3 is 2.52 bits per heavy atom. The number of aromatic nitrogens is 3. The van der Waals surface area contributed by atoms with Crippen molar-refractivity contribution in [2.24, 2.45) is 0 Å². The van der Waals surface area contributed by atoms with Crippen LogP contribution in [-0.4, -0.2) is 31.4 Å². The minimum atomic E-state index is -0.853. The summed E-state index contributed by atoms with van der Waals surface area (Å²) in [6.07, 6.45) is 3.60. The van der Waals surface area contributed by atoms with Crippen LogP contribution in [0.1, 0.15) is 32.2 Å². The molecule has 0 radical (unpaired) electrons. The van der Waals surface area contributed by atoms with Crippen molar-refractivity contribution in [3.8, 4) is 5.69 Å². The number of nitrogens with zero attached hydrogens (tertiary/aromatic N) is 3. The number of rotatable bonds is 4. The number of hydrogen-bond acceptors (Lipinski definition) is 4. The smallest absolute Gasteiger partial charge is 0.313 e. The summed E-state index contributed by atoms with van der Waals surface area (Å²) >= 11 is 1.22. The number of thioether (sulfide) groups is 1. The monoisotopic (exact) mass is 305 g/mol. The maximum atomic E-state index is 10.8. The molecule has 21 heavy (non-hydrogen) atoms. The van der Waals surface area contributed by atoms with E-state index in [-0.39, 0.29) is 11.2 Å². The van der Waals surface area contributed by atoms with Crippen molar-refractivity contribution in [1.82, 2.24) is 14.5 Å². The summed E-state index contributed by atoms with van der Waals surface area (Å²) < 4.78 is 1.99. The van der Waals surface area contributed by atoms with E-state index in [9.17, 15) is 4.79 Å². The topological polar surface area (TPSA) is 68.0 Å². The number of carboxylic acid groups (broad SMARTS) is 1. The highest BCUT2D eigenvalue weighted by molar-refractivity contribution is 7.99. The Hall–Kier alpha value is -1.82. The van der Waals surface area contributed by atoms with E-state index in [0.717, 1.165) is 17.1 Å². The zero-order valence-electron chi connectivity index (χ0n) is 12.6. The Labute approximate surface area is 128 Å². The summed E-state index contributed by atoms with van der Waals surface area (Å²) in [7, 11) is 0. The highest BCUT2D eigenvalue weighted by Gasteiger charge is 2.23. The van der Waals surface area contributed by atoms with Crippen LogP contribution in [0.5, 0.6) is 0 Å². The van der Waals surface area contributed by atoms with Crippen molar-refractivity contribution in [3.63, 3.8) is 0 Å². The molecule has 2 rings (SSSR count). The fourth-order valence-electron chi connectivity index (χ4n) is 1.93. The molecule has 0 aliphatic heterocycles. The van der Waals surface area contributed by atoms with Gasteiger partial charge in [-0.3, -0.25) is 14.3 Å². The quantitative estimate of drug-likeness (QED) is 0.879. The number of imidazole rings is 1. The van der Waals surface area contributed by atoms with Crippen LogP contribution >= 0.6 is 11.8 Å². The van der Waals surface area contributed by atoms with E-state index < -0.39 is 5.97 Å². The first-order chi connectivity index (χ1) is 9.79. The van der Waals surface area contributed by atoms with Crippen LogP contribution in [-0.2, 0) is 10.2 Å². The second-order valence-corrected chi connectivity index (χ2v) is 6.79. The first-order valence-electron chi connectivity index (χ1n) is 6.65. The maximum absolute atomic E-state index is 10.8. The van der Waals surface area contributed by atoms with Gasteiger partial charge in [0.1, 0.15) is 0 Å². The van der Waals surface area contributed by atoms with Crippen LogP contribution in [0.2, 0.25) is 0 Å². The standard InChI is InChI=1S/C15H19N3O2S/c1-10-5-6-11(7-16-10)18-12(15(2,3)4)8-17-14(18)21-9-13(19)20/h5-8H,9H2,1-4H3,(H,19,20). The molecule has 2 aromatic heterocycles. The van der Waals surface area contributed by atoms with Gasteiger partial charge >= 0.3 is 5.97 Å². The third kappa shape index (κ3) is 3.64. The van der Waals surface area contributed by atoms with Gasteiger partial charge in [-0.25, -0.2) is 4.98 Å². The summed E-state index contributed by atoms with van der Waals surface area (Å²) in [6.45, 7) is 8.25. The first-order valence-corrected chi connectivity index (χ1v) is 7.63. The molecule has 6 heteroatoms. The molecule has 0 spiro atoms. The van der Waals surface area contributed by atoms with Gasteiger partial charge in [-0.1, -0.05) is 32.5 Å². The molecule has 0 aromatic carbocycles. The van der Waals surface area contributed by atoms with Crippen molar-refractivity contribution in [3.05, 3.63) is 35.9 Å². The average Bonchev–Trinajstić information content (AvgIpc) is 2.81. The van der Waals surface area contributed by atoms with Gasteiger partial charge in [0, 0.05) is 16.8 Å². The second-order valence-electron chi connectivity index (χ2n) is 5.85. The number of aliphatic carboxylic acids is 1. The molecule has 0 fully saturated rings. The largest absolute Gasteiger partial charge is 0.481 e. The Kier molecular flexibility index (Phi) is 4.37. The van der Waals surface area contributed by atoms with Gasteiger partial charge in [-0.15, -0.1) is 0 Å². The molecule has 0 bridgehead atoms. The normalized spacial score (nSPS) is 11.6. The Bertz CT molecular complexity index is 642. The molecule has 0 saturated carbocycles. The maximum Gasteiger partial charge on any atom is 0.313 e. The van der Waals surface area contributed by atoms with Crippen molar-refractivity contribution in [2.75, 3.05) is 5.75 Å². The molecular weight excluding hydrogens is 286 g/mol. The SMILES string of the molecule is Cc1ccc(-n2c(C(C)(C)C)cnc2SCC(=O)O)cn1. The predicted octanol–water partition coefficient (Wildman–Crippen LogP) is 3.05. The number of hydrogen-bond donors (Lipinski definition) is 1. The Balaban J connectivity index is 2.50. The minimum Gasteiger partial charge on any atom is -0.481 e. The van der Waals surface area contributed by atoms with Crippen molar-refractivity contribution in [1.29, 1.82) is 0 Å². The summed E-state index contributed by atoms with van der Waals surface area (Å²) in [5, 5.41) is 9.54. The molecule has 0 atom stereocenters. The van der Waals surface area contributed by atoms with Crippen molar-refractivity contribution >= 4 is 17.7 Å². The molecule has 0 aliphatic carbocycles. The predicted molar refractivity (Wildman–Crippen MR) is 83.2 cm³/mol. The van der Waals surface area contributed by atoms with Gasteiger partial charge in [0.05, 0.1) is 23.8 Å². The van der Waals surface area contributed by atoms with Crippen molar-refractivity contribution in [2.45, 2.75) is 38.3 Å². The lowest BCUT2D eigenvalue weighted by molar-refractivity contribution is -0.133. The molecule has 1 N–H and O–H groups in total. The van der Waals surface area contributed by atoms with Gasteiger partial charge in [-0.05, 0) is 19.1 Å². The second kappa shape index (κ2) is 5.89. The molecule has 0 saturated heterocycles. The number of carboxylic acids is 1. The highest BCUT2D eigenvalue weighted by Crippen LogP contribution is 2.30. The van der Waals surface area contributed by atoms with E-state index >= 15 is 0 Å². The highest BCUT2D eigenvalue weighted by atomic mass is 32.2. The molecular formula is C15H19N3O2S. The average molecular weight is 305 g/mol. The third-order valence-corrected chi connectivity index (χ3v) is 3.91. The Morgan fingerprint density at radius 2 is 2.00 bits per heavy atom. The van der Waals surface area contributed by atoms with Crippen LogP contribution in [0.4, 0.5) is 0 Å². The van der Waals surface area contributed by atoms with E-state index in [2.05, 4.69) is 30.7 Å². The lowest BCUT2D eigenvalue weighted by Gasteiger charge is -2.21. The zero-order valence-corrected chi connectivity index (χ0v) is 13.4. The zero-order chi connectivity index (χ0) is 15.6. The van der Waals surface area contributed by atoms with Crippen LogP contribution < -0.4 is 0 Å². The molecule has 112 valence electrons. The van der Waals surface area contributed by atoms with Crippen LogP contribution in [0.25, 0.3) is 5.69 Å².